The van der Waals surface area contributed by atoms with Crippen LogP contribution < -0.4 is 11.3 Å². The van der Waals surface area contributed by atoms with Crippen molar-refractivity contribution in [2.45, 2.75) is 0 Å². The minimum Gasteiger partial charge on any atom is -0.383 e. The summed E-state index contributed by atoms with van der Waals surface area (Å²) in [4.78, 5) is 23.4. The number of hydrogen-bond donors (Lipinski definition) is 2. The molecular weight excluding hydrogens is 290 g/mol. The Morgan fingerprint density at radius 2 is 1.83 bits per heavy atom. The fourth-order valence-corrected chi connectivity index (χ4v) is 2.70. The highest BCUT2D eigenvalue weighted by atomic mass is 16.1. The van der Waals surface area contributed by atoms with Crippen LogP contribution in [0.2, 0.25) is 0 Å². The van der Waals surface area contributed by atoms with E-state index in [1.807, 2.05) is 53.2 Å². The molecule has 0 aliphatic carbocycles. The highest BCUT2D eigenvalue weighted by Gasteiger charge is 2.17. The molecule has 3 N–H and O–H groups in total. The summed E-state index contributed by atoms with van der Waals surface area (Å²) >= 11 is 0. The van der Waals surface area contributed by atoms with Crippen LogP contribution in [0.25, 0.3) is 27.8 Å². The Morgan fingerprint density at radius 1 is 1.00 bits per heavy atom. The molecule has 4 rings (SSSR count). The van der Waals surface area contributed by atoms with Gasteiger partial charge in [-0.25, -0.2) is 9.97 Å². The summed E-state index contributed by atoms with van der Waals surface area (Å²) in [6, 6.07) is 13.3. The molecule has 6 nitrogen and oxygen atoms in total. The van der Waals surface area contributed by atoms with Crippen LogP contribution in [0.4, 0.5) is 5.82 Å². The first-order valence-electron chi connectivity index (χ1n) is 7.11. The number of H-pyrrole nitrogens is 1. The molecule has 6 heteroatoms. The van der Waals surface area contributed by atoms with Crippen molar-refractivity contribution in [1.82, 2.24) is 19.5 Å². The number of rotatable bonds is 2. The van der Waals surface area contributed by atoms with Gasteiger partial charge in [-0.15, -0.1) is 0 Å². The van der Waals surface area contributed by atoms with Gasteiger partial charge in [0.05, 0.1) is 6.33 Å². The second-order valence-corrected chi connectivity index (χ2v) is 5.11. The monoisotopic (exact) mass is 303 g/mol. The van der Waals surface area contributed by atoms with Gasteiger partial charge in [0.15, 0.2) is 0 Å². The summed E-state index contributed by atoms with van der Waals surface area (Å²) in [7, 11) is 0. The maximum atomic E-state index is 12.3. The molecule has 3 aromatic heterocycles. The molecule has 0 bridgehead atoms. The molecule has 0 fully saturated rings. The summed E-state index contributed by atoms with van der Waals surface area (Å²) in [5.74, 6) is 0.404. The molecule has 0 saturated carbocycles. The molecule has 0 amide bonds. The van der Waals surface area contributed by atoms with E-state index in [-0.39, 0.29) is 5.56 Å². The van der Waals surface area contributed by atoms with E-state index in [2.05, 4.69) is 15.0 Å². The Labute approximate surface area is 131 Å². The highest BCUT2D eigenvalue weighted by molar-refractivity contribution is 5.96. The first-order chi connectivity index (χ1) is 11.3. The SMILES string of the molecule is Nc1ncccc1-c1cn(-c2ccccc2)c2c(=O)[nH]cnc12. The van der Waals surface area contributed by atoms with Gasteiger partial charge in [0, 0.05) is 29.2 Å². The van der Waals surface area contributed by atoms with Gasteiger partial charge in [0.25, 0.3) is 5.56 Å². The Balaban J connectivity index is 2.11. The lowest BCUT2D eigenvalue weighted by atomic mass is 10.1. The largest absolute Gasteiger partial charge is 0.383 e. The van der Waals surface area contributed by atoms with Crippen LogP contribution in [-0.4, -0.2) is 19.5 Å². The molecule has 0 saturated heterocycles. The smallest absolute Gasteiger partial charge is 0.275 e. The zero-order chi connectivity index (χ0) is 15.8. The second-order valence-electron chi connectivity index (χ2n) is 5.11. The number of hydrogen-bond acceptors (Lipinski definition) is 4. The van der Waals surface area contributed by atoms with E-state index < -0.39 is 0 Å². The lowest BCUT2D eigenvalue weighted by molar-refractivity contribution is 1.08. The molecule has 0 unspecified atom stereocenters. The number of benzene rings is 1. The first-order valence-corrected chi connectivity index (χ1v) is 7.11. The maximum Gasteiger partial charge on any atom is 0.275 e. The van der Waals surface area contributed by atoms with E-state index in [1.165, 1.54) is 6.33 Å². The van der Waals surface area contributed by atoms with Crippen molar-refractivity contribution in [3.8, 4) is 16.8 Å². The van der Waals surface area contributed by atoms with Crippen molar-refractivity contribution in [3.05, 3.63) is 71.5 Å². The molecule has 1 aromatic carbocycles. The lowest BCUT2D eigenvalue weighted by Crippen LogP contribution is -2.09. The van der Waals surface area contributed by atoms with Gasteiger partial charge in [0.1, 0.15) is 16.9 Å². The number of nitrogens with two attached hydrogens (primary N) is 1. The summed E-state index contributed by atoms with van der Waals surface area (Å²) in [6.07, 6.45) is 4.90. The Morgan fingerprint density at radius 3 is 2.61 bits per heavy atom. The number of nitrogens with one attached hydrogen (secondary N) is 1. The number of nitrogen functional groups attached to an aromatic ring is 1. The third-order valence-corrected chi connectivity index (χ3v) is 3.75. The molecule has 0 aliphatic heterocycles. The number of aromatic nitrogens is 4. The van der Waals surface area contributed by atoms with Gasteiger partial charge in [-0.2, -0.15) is 0 Å². The van der Waals surface area contributed by atoms with E-state index >= 15 is 0 Å². The van der Waals surface area contributed by atoms with Gasteiger partial charge >= 0.3 is 0 Å². The van der Waals surface area contributed by atoms with Crippen LogP contribution in [0.3, 0.4) is 0 Å². The van der Waals surface area contributed by atoms with Crippen LogP contribution in [0.1, 0.15) is 0 Å². The molecule has 4 aromatic rings. The summed E-state index contributed by atoms with van der Waals surface area (Å²) in [5.41, 5.74) is 9.28. The van der Waals surface area contributed by atoms with Gasteiger partial charge in [-0.3, -0.25) is 4.79 Å². The van der Waals surface area contributed by atoms with Crippen molar-refractivity contribution in [2.75, 3.05) is 5.73 Å². The number of para-hydroxylation sites is 1. The van der Waals surface area contributed by atoms with Crippen molar-refractivity contribution in [2.24, 2.45) is 0 Å². The Kier molecular flexibility index (Phi) is 2.94. The Hall–Kier alpha value is -3.41. The summed E-state index contributed by atoms with van der Waals surface area (Å²) in [5, 5.41) is 0. The van der Waals surface area contributed by atoms with Crippen LogP contribution >= 0.6 is 0 Å². The van der Waals surface area contributed by atoms with E-state index in [1.54, 1.807) is 6.20 Å². The average molecular weight is 303 g/mol. The van der Waals surface area contributed by atoms with Gasteiger partial charge in [-0.05, 0) is 24.3 Å². The van der Waals surface area contributed by atoms with Crippen molar-refractivity contribution in [3.63, 3.8) is 0 Å². The predicted molar refractivity (Wildman–Crippen MR) is 89.3 cm³/mol. The molecular formula is C17H13N5O. The van der Waals surface area contributed by atoms with Crippen LogP contribution in [0.5, 0.6) is 0 Å². The highest BCUT2D eigenvalue weighted by Crippen LogP contribution is 2.31. The quantitative estimate of drug-likeness (QED) is 0.595. The van der Waals surface area contributed by atoms with E-state index in [0.29, 0.717) is 16.9 Å². The first kappa shape index (κ1) is 13.3. The lowest BCUT2D eigenvalue weighted by Gasteiger charge is -2.03. The van der Waals surface area contributed by atoms with E-state index in [4.69, 9.17) is 5.73 Å². The maximum absolute atomic E-state index is 12.3. The predicted octanol–water partition coefficient (Wildman–Crippen LogP) is 2.36. The number of anilines is 1. The van der Waals surface area contributed by atoms with Crippen LogP contribution in [0, 0.1) is 0 Å². The molecule has 23 heavy (non-hydrogen) atoms. The third-order valence-electron chi connectivity index (χ3n) is 3.75. The second kappa shape index (κ2) is 5.10. The molecule has 3 heterocycles. The topological polar surface area (TPSA) is 89.6 Å². The normalized spacial score (nSPS) is 11.0. The van der Waals surface area contributed by atoms with Gasteiger partial charge in [-0.1, -0.05) is 18.2 Å². The van der Waals surface area contributed by atoms with Crippen LogP contribution in [-0.2, 0) is 0 Å². The number of aromatic amines is 1. The van der Waals surface area contributed by atoms with E-state index in [9.17, 15) is 4.79 Å². The van der Waals surface area contributed by atoms with Crippen molar-refractivity contribution >= 4 is 16.9 Å². The molecule has 0 radical (unpaired) electrons. The average Bonchev–Trinajstić information content (AvgIpc) is 2.97. The summed E-state index contributed by atoms with van der Waals surface area (Å²) < 4.78 is 1.82. The zero-order valence-electron chi connectivity index (χ0n) is 12.1. The molecule has 0 spiro atoms. The van der Waals surface area contributed by atoms with E-state index in [0.717, 1.165) is 16.8 Å². The fourth-order valence-electron chi connectivity index (χ4n) is 2.70. The minimum atomic E-state index is -0.201. The number of pyridine rings is 1. The minimum absolute atomic E-state index is 0.201. The zero-order valence-corrected chi connectivity index (χ0v) is 12.1. The third kappa shape index (κ3) is 2.08. The Bertz CT molecular complexity index is 1050. The molecule has 112 valence electrons. The van der Waals surface area contributed by atoms with Crippen molar-refractivity contribution < 1.29 is 0 Å². The molecule has 0 atom stereocenters. The fraction of sp³-hybridized carbons (Fsp3) is 0. The standard InChI is InChI=1S/C17H13N5O/c18-16-12(7-4-8-19-16)13-9-22(11-5-2-1-3-6-11)15-14(13)20-10-21-17(15)23/h1-10H,(H2,18,19)(H,20,21,23). The summed E-state index contributed by atoms with van der Waals surface area (Å²) in [6.45, 7) is 0. The van der Waals surface area contributed by atoms with Crippen molar-refractivity contribution in [1.29, 1.82) is 0 Å². The molecule has 0 aliphatic rings. The van der Waals surface area contributed by atoms with Gasteiger partial charge < -0.3 is 15.3 Å². The van der Waals surface area contributed by atoms with Crippen LogP contribution in [0.15, 0.2) is 66.0 Å². The van der Waals surface area contributed by atoms with Gasteiger partial charge in [0.2, 0.25) is 0 Å². The number of nitrogens with zero attached hydrogens (tertiary/aromatic N) is 3. The number of fused-ring (bicyclic) bond motifs is 1.